The van der Waals surface area contributed by atoms with E-state index in [2.05, 4.69) is 25.3 Å². The van der Waals surface area contributed by atoms with Crippen LogP contribution < -0.4 is 11.1 Å². The molecule has 1 aliphatic rings. The number of alkyl halides is 5. The van der Waals surface area contributed by atoms with Crippen LogP contribution in [0.5, 0.6) is 0 Å². The van der Waals surface area contributed by atoms with E-state index in [9.17, 15) is 26.7 Å². The number of hydrogen-bond donors (Lipinski definition) is 2. The van der Waals surface area contributed by atoms with E-state index >= 15 is 0 Å². The first-order valence-corrected chi connectivity index (χ1v) is 11.0. The van der Waals surface area contributed by atoms with Gasteiger partial charge in [0.15, 0.2) is 0 Å². The third-order valence-electron chi connectivity index (χ3n) is 5.75. The number of allylic oxidation sites excluding steroid dienone is 1. The average molecular weight is 511 g/mol. The number of nitrogens with two attached hydrogens (primary N) is 1. The SMILES string of the molecule is CN=CC(=C(N)C(=O)N1CC(F)(F)CC(C)C1CNc1ncc(C(F)(F)F)cn1)c1ccc(C)cn1. The highest BCUT2D eigenvalue weighted by molar-refractivity contribution is 6.17. The van der Waals surface area contributed by atoms with Crippen molar-refractivity contribution >= 4 is 23.6 Å². The van der Waals surface area contributed by atoms with Crippen molar-refractivity contribution < 1.29 is 26.7 Å². The third kappa shape index (κ3) is 6.32. The van der Waals surface area contributed by atoms with Crippen molar-refractivity contribution in [2.24, 2.45) is 16.6 Å². The van der Waals surface area contributed by atoms with Gasteiger partial charge in [0.2, 0.25) is 5.95 Å². The number of aryl methyl sites for hydroxylation is 1. The predicted molar refractivity (Wildman–Crippen MR) is 124 cm³/mol. The summed E-state index contributed by atoms with van der Waals surface area (Å²) in [6.07, 6.45) is -0.945. The van der Waals surface area contributed by atoms with Crippen LogP contribution in [0.4, 0.5) is 27.9 Å². The minimum Gasteiger partial charge on any atom is -0.394 e. The maximum absolute atomic E-state index is 14.5. The summed E-state index contributed by atoms with van der Waals surface area (Å²) < 4.78 is 67.3. The van der Waals surface area contributed by atoms with Gasteiger partial charge in [-0.2, -0.15) is 13.2 Å². The molecule has 2 aromatic rings. The highest BCUT2D eigenvalue weighted by Crippen LogP contribution is 2.35. The Kier molecular flexibility index (Phi) is 7.89. The molecule has 3 rings (SSSR count). The second-order valence-electron chi connectivity index (χ2n) is 8.65. The fourth-order valence-electron chi connectivity index (χ4n) is 3.94. The molecule has 0 bridgehead atoms. The number of anilines is 1. The van der Waals surface area contributed by atoms with Crippen LogP contribution in [-0.2, 0) is 11.0 Å². The quantitative estimate of drug-likeness (QED) is 0.349. The van der Waals surface area contributed by atoms with Crippen molar-refractivity contribution in [1.82, 2.24) is 19.9 Å². The summed E-state index contributed by atoms with van der Waals surface area (Å²) in [5.74, 6) is -4.80. The number of aromatic nitrogens is 3. The van der Waals surface area contributed by atoms with Crippen molar-refractivity contribution in [2.45, 2.75) is 38.4 Å². The number of carbonyl (C=O) groups excluding carboxylic acids is 1. The van der Waals surface area contributed by atoms with Gasteiger partial charge >= 0.3 is 6.18 Å². The van der Waals surface area contributed by atoms with E-state index in [4.69, 9.17) is 5.73 Å². The molecule has 2 atom stereocenters. The van der Waals surface area contributed by atoms with E-state index < -0.39 is 48.5 Å². The van der Waals surface area contributed by atoms with E-state index in [1.165, 1.54) is 13.3 Å². The smallest absolute Gasteiger partial charge is 0.394 e. The Labute approximate surface area is 204 Å². The van der Waals surface area contributed by atoms with Gasteiger partial charge in [-0.15, -0.1) is 0 Å². The normalized spacial score (nSPS) is 20.8. The van der Waals surface area contributed by atoms with Gasteiger partial charge in [0.1, 0.15) is 5.70 Å². The summed E-state index contributed by atoms with van der Waals surface area (Å²) in [4.78, 5) is 29.8. The number of nitrogens with one attached hydrogen (secondary N) is 1. The van der Waals surface area contributed by atoms with Crippen LogP contribution in [0.3, 0.4) is 0 Å². The van der Waals surface area contributed by atoms with Gasteiger partial charge < -0.3 is 16.0 Å². The number of nitrogens with zero attached hydrogens (tertiary/aromatic N) is 5. The Bertz CT molecular complexity index is 1130. The first-order chi connectivity index (χ1) is 16.8. The van der Waals surface area contributed by atoms with Crippen LogP contribution in [-0.4, -0.2) is 64.1 Å². The Morgan fingerprint density at radius 3 is 2.47 bits per heavy atom. The van der Waals surface area contributed by atoms with Crippen LogP contribution in [0.1, 0.15) is 30.2 Å². The van der Waals surface area contributed by atoms with E-state index in [0.29, 0.717) is 18.1 Å². The minimum atomic E-state index is -4.60. The van der Waals surface area contributed by atoms with E-state index in [1.807, 2.05) is 6.92 Å². The zero-order valence-corrected chi connectivity index (χ0v) is 19.9. The monoisotopic (exact) mass is 511 g/mol. The molecule has 0 spiro atoms. The third-order valence-corrected chi connectivity index (χ3v) is 5.75. The van der Waals surface area contributed by atoms with Crippen LogP contribution in [0.25, 0.3) is 5.57 Å². The molecule has 0 aromatic carbocycles. The molecule has 0 saturated carbocycles. The maximum atomic E-state index is 14.5. The number of carbonyl (C=O) groups is 1. The first-order valence-electron chi connectivity index (χ1n) is 11.0. The van der Waals surface area contributed by atoms with Gasteiger partial charge in [-0.05, 0) is 24.5 Å². The van der Waals surface area contributed by atoms with Crippen LogP contribution in [0.2, 0.25) is 0 Å². The lowest BCUT2D eigenvalue weighted by Crippen LogP contribution is -2.58. The first kappa shape index (κ1) is 27.0. The van der Waals surface area contributed by atoms with E-state index in [1.54, 1.807) is 25.3 Å². The number of piperidine rings is 1. The van der Waals surface area contributed by atoms with Crippen molar-refractivity contribution in [1.29, 1.82) is 0 Å². The topological polar surface area (TPSA) is 109 Å². The number of aliphatic imine (C=N–C) groups is 1. The fraction of sp³-hybridized carbons (Fsp3) is 0.435. The van der Waals surface area contributed by atoms with Crippen molar-refractivity contribution in [3.8, 4) is 0 Å². The standard InChI is InChI=1S/C23H26F5N7O/c1-13-4-5-17(31-7-13)16(10-30-3)19(29)20(36)35-12-22(24,25)6-14(2)18(35)11-34-21-32-8-15(9-33-21)23(26,27)28/h4-5,7-10,14,18H,6,11-12,29H2,1-3H3,(H,32,33,34). The molecule has 13 heteroatoms. The number of likely N-dealkylation sites (tertiary alicyclic amines) is 1. The van der Waals surface area contributed by atoms with Gasteiger partial charge in [-0.25, -0.2) is 18.7 Å². The average Bonchev–Trinajstić information content (AvgIpc) is 2.80. The summed E-state index contributed by atoms with van der Waals surface area (Å²) in [6.45, 7) is 2.43. The van der Waals surface area contributed by atoms with Gasteiger partial charge in [-0.3, -0.25) is 14.8 Å². The number of pyridine rings is 1. The Morgan fingerprint density at radius 1 is 1.25 bits per heavy atom. The molecule has 0 aliphatic carbocycles. The summed E-state index contributed by atoms with van der Waals surface area (Å²) in [7, 11) is 1.47. The van der Waals surface area contributed by atoms with E-state index in [-0.39, 0.29) is 23.8 Å². The minimum absolute atomic E-state index is 0.0817. The zero-order chi connectivity index (χ0) is 26.7. The zero-order valence-electron chi connectivity index (χ0n) is 19.9. The highest BCUT2D eigenvalue weighted by Gasteiger charge is 2.46. The van der Waals surface area contributed by atoms with Crippen LogP contribution >= 0.6 is 0 Å². The highest BCUT2D eigenvalue weighted by atomic mass is 19.4. The lowest BCUT2D eigenvalue weighted by molar-refractivity contribution is -0.148. The lowest BCUT2D eigenvalue weighted by Gasteiger charge is -2.43. The van der Waals surface area contributed by atoms with Gasteiger partial charge in [0.25, 0.3) is 11.8 Å². The van der Waals surface area contributed by atoms with Gasteiger partial charge in [0, 0.05) is 50.4 Å². The number of amides is 1. The molecule has 2 unspecified atom stereocenters. The van der Waals surface area contributed by atoms with Crippen molar-refractivity contribution in [2.75, 3.05) is 25.5 Å². The summed E-state index contributed by atoms with van der Waals surface area (Å²) in [5, 5.41) is 2.74. The molecular formula is C23H26F5N7O. The number of rotatable bonds is 6. The molecule has 1 saturated heterocycles. The summed E-state index contributed by atoms with van der Waals surface area (Å²) in [6, 6.07) is 2.63. The maximum Gasteiger partial charge on any atom is 0.419 e. The summed E-state index contributed by atoms with van der Waals surface area (Å²) >= 11 is 0. The molecule has 1 aliphatic heterocycles. The largest absolute Gasteiger partial charge is 0.419 e. The molecule has 2 aromatic heterocycles. The van der Waals surface area contributed by atoms with Crippen molar-refractivity contribution in [3.05, 3.63) is 53.2 Å². The molecule has 36 heavy (non-hydrogen) atoms. The molecule has 1 fully saturated rings. The van der Waals surface area contributed by atoms with Gasteiger partial charge in [0.05, 0.1) is 23.8 Å². The summed E-state index contributed by atoms with van der Waals surface area (Å²) in [5.41, 5.74) is 6.24. The molecular weight excluding hydrogens is 485 g/mol. The van der Waals surface area contributed by atoms with E-state index in [0.717, 1.165) is 10.5 Å². The fourth-order valence-corrected chi connectivity index (χ4v) is 3.94. The van der Waals surface area contributed by atoms with Crippen LogP contribution in [0.15, 0.2) is 41.4 Å². The molecule has 0 radical (unpaired) electrons. The molecule has 1 amide bonds. The Hall–Kier alpha value is -3.64. The molecule has 3 heterocycles. The molecule has 8 nitrogen and oxygen atoms in total. The molecule has 194 valence electrons. The van der Waals surface area contributed by atoms with Crippen LogP contribution in [0, 0.1) is 12.8 Å². The van der Waals surface area contributed by atoms with Crippen molar-refractivity contribution in [3.63, 3.8) is 0 Å². The second kappa shape index (κ2) is 10.5. The predicted octanol–water partition coefficient (Wildman–Crippen LogP) is 3.55. The second-order valence-corrected chi connectivity index (χ2v) is 8.65. The Morgan fingerprint density at radius 2 is 1.92 bits per heavy atom. The lowest BCUT2D eigenvalue weighted by atomic mass is 9.88. The molecule has 3 N–H and O–H groups in total. The number of hydrogen-bond acceptors (Lipinski definition) is 7. The Balaban J connectivity index is 1.89. The number of halogens is 5. The van der Waals surface area contributed by atoms with Gasteiger partial charge in [-0.1, -0.05) is 13.0 Å².